The molecule has 1 saturated heterocycles. The largest absolute Gasteiger partial charge is 0.496 e. The van der Waals surface area contributed by atoms with Crippen LogP contribution in [0.4, 0.5) is 10.1 Å². The van der Waals surface area contributed by atoms with Gasteiger partial charge in [0.1, 0.15) is 11.6 Å². The fraction of sp³-hybridized carbons (Fsp3) is 0.400. The predicted molar refractivity (Wildman–Crippen MR) is 96.4 cm³/mol. The van der Waals surface area contributed by atoms with Crippen molar-refractivity contribution in [3.05, 3.63) is 58.9 Å². The second-order valence-corrected chi connectivity index (χ2v) is 6.42. The Bertz CT molecular complexity index is 692. The highest BCUT2D eigenvalue weighted by molar-refractivity contribution is 5.47. The highest BCUT2D eigenvalue weighted by atomic mass is 19.1. The number of benzene rings is 2. The van der Waals surface area contributed by atoms with Crippen molar-refractivity contribution in [2.75, 3.05) is 38.2 Å². The number of methoxy groups -OCH3 is 1. The van der Waals surface area contributed by atoms with Crippen LogP contribution in [0.2, 0.25) is 0 Å². The van der Waals surface area contributed by atoms with Gasteiger partial charge in [0.05, 0.1) is 7.11 Å². The van der Waals surface area contributed by atoms with Gasteiger partial charge in [-0.3, -0.25) is 4.90 Å². The molecule has 24 heavy (non-hydrogen) atoms. The van der Waals surface area contributed by atoms with E-state index >= 15 is 0 Å². The van der Waals surface area contributed by atoms with Crippen LogP contribution in [0.3, 0.4) is 0 Å². The van der Waals surface area contributed by atoms with Crippen LogP contribution in [0.15, 0.2) is 36.4 Å². The number of hydrogen-bond donors (Lipinski definition) is 0. The number of piperazine rings is 1. The van der Waals surface area contributed by atoms with E-state index in [-0.39, 0.29) is 5.82 Å². The number of anilines is 1. The molecule has 0 saturated carbocycles. The monoisotopic (exact) mass is 328 g/mol. The van der Waals surface area contributed by atoms with Gasteiger partial charge < -0.3 is 9.64 Å². The molecule has 0 N–H and O–H groups in total. The molecule has 0 atom stereocenters. The van der Waals surface area contributed by atoms with Gasteiger partial charge in [0.25, 0.3) is 0 Å². The molecule has 0 bridgehead atoms. The maximum atomic E-state index is 13.0. The first-order valence-corrected chi connectivity index (χ1v) is 8.44. The van der Waals surface area contributed by atoms with Crippen LogP contribution in [0.1, 0.15) is 16.7 Å². The fourth-order valence-corrected chi connectivity index (χ4v) is 3.30. The van der Waals surface area contributed by atoms with E-state index in [4.69, 9.17) is 4.74 Å². The molecule has 128 valence electrons. The summed E-state index contributed by atoms with van der Waals surface area (Å²) < 4.78 is 18.4. The number of ether oxygens (including phenoxy) is 1. The Morgan fingerprint density at radius 3 is 2.21 bits per heavy atom. The van der Waals surface area contributed by atoms with Gasteiger partial charge in [-0.25, -0.2) is 4.39 Å². The lowest BCUT2D eigenvalue weighted by molar-refractivity contribution is 0.249. The van der Waals surface area contributed by atoms with Gasteiger partial charge in [0, 0.05) is 38.4 Å². The summed E-state index contributed by atoms with van der Waals surface area (Å²) in [6, 6.07) is 11.0. The minimum absolute atomic E-state index is 0.178. The molecule has 0 aromatic heterocycles. The van der Waals surface area contributed by atoms with Gasteiger partial charge in [0.2, 0.25) is 0 Å². The Morgan fingerprint density at radius 2 is 1.58 bits per heavy atom. The first-order chi connectivity index (χ1) is 11.6. The summed E-state index contributed by atoms with van der Waals surface area (Å²) in [4.78, 5) is 4.80. The van der Waals surface area contributed by atoms with E-state index in [9.17, 15) is 4.39 Å². The SMILES string of the molecule is COc1ccc(CN2CCN(c3ccc(F)cc3)CC2)c(C)c1C. The third-order valence-electron chi connectivity index (χ3n) is 5.03. The topological polar surface area (TPSA) is 15.7 Å². The Kier molecular flexibility index (Phi) is 5.05. The summed E-state index contributed by atoms with van der Waals surface area (Å²) in [6.07, 6.45) is 0. The molecule has 2 aromatic carbocycles. The van der Waals surface area contributed by atoms with Gasteiger partial charge in [-0.1, -0.05) is 6.07 Å². The van der Waals surface area contributed by atoms with E-state index in [1.165, 1.54) is 28.8 Å². The first kappa shape index (κ1) is 16.8. The molecule has 4 heteroatoms. The fourth-order valence-electron chi connectivity index (χ4n) is 3.30. The average Bonchev–Trinajstić information content (AvgIpc) is 2.61. The summed E-state index contributed by atoms with van der Waals surface area (Å²) >= 11 is 0. The first-order valence-electron chi connectivity index (χ1n) is 8.44. The minimum atomic E-state index is -0.178. The maximum Gasteiger partial charge on any atom is 0.123 e. The van der Waals surface area contributed by atoms with Crippen molar-refractivity contribution in [2.24, 2.45) is 0 Å². The molecule has 3 rings (SSSR count). The zero-order valence-corrected chi connectivity index (χ0v) is 14.7. The Morgan fingerprint density at radius 1 is 0.917 bits per heavy atom. The smallest absolute Gasteiger partial charge is 0.123 e. The van der Waals surface area contributed by atoms with E-state index in [1.807, 2.05) is 12.1 Å². The van der Waals surface area contributed by atoms with Crippen molar-refractivity contribution in [1.82, 2.24) is 4.90 Å². The van der Waals surface area contributed by atoms with Gasteiger partial charge in [-0.05, 0) is 60.9 Å². The lowest BCUT2D eigenvalue weighted by Crippen LogP contribution is -2.46. The van der Waals surface area contributed by atoms with Gasteiger partial charge >= 0.3 is 0 Å². The number of nitrogens with zero attached hydrogens (tertiary/aromatic N) is 2. The van der Waals surface area contributed by atoms with Crippen LogP contribution in [-0.2, 0) is 6.54 Å². The number of rotatable bonds is 4. The van der Waals surface area contributed by atoms with Gasteiger partial charge in [0.15, 0.2) is 0 Å². The summed E-state index contributed by atoms with van der Waals surface area (Å²) in [7, 11) is 1.72. The molecule has 1 heterocycles. The number of hydrogen-bond acceptors (Lipinski definition) is 3. The van der Waals surface area contributed by atoms with Crippen molar-refractivity contribution in [3.8, 4) is 5.75 Å². The summed E-state index contributed by atoms with van der Waals surface area (Å²) in [5, 5.41) is 0. The standard InChI is InChI=1S/C20H25FN2O/c1-15-16(2)20(24-3)9-4-17(15)14-22-10-12-23(13-11-22)19-7-5-18(21)6-8-19/h4-9H,10-14H2,1-3H3. The van der Waals surface area contributed by atoms with Gasteiger partial charge in [-0.2, -0.15) is 0 Å². The molecular weight excluding hydrogens is 303 g/mol. The van der Waals surface area contributed by atoms with Crippen molar-refractivity contribution in [3.63, 3.8) is 0 Å². The van der Waals surface area contributed by atoms with Crippen LogP contribution in [0.25, 0.3) is 0 Å². The van der Waals surface area contributed by atoms with E-state index in [0.29, 0.717) is 0 Å². The van der Waals surface area contributed by atoms with Crippen LogP contribution in [0, 0.1) is 19.7 Å². The Balaban J connectivity index is 1.61. The van der Waals surface area contributed by atoms with Gasteiger partial charge in [-0.15, -0.1) is 0 Å². The molecule has 0 amide bonds. The Labute approximate surface area is 143 Å². The molecule has 1 fully saturated rings. The Hall–Kier alpha value is -2.07. The average molecular weight is 328 g/mol. The zero-order valence-electron chi connectivity index (χ0n) is 14.7. The summed E-state index contributed by atoms with van der Waals surface area (Å²) in [5.41, 5.74) is 5.01. The van der Waals surface area contributed by atoms with Crippen LogP contribution < -0.4 is 9.64 Å². The van der Waals surface area contributed by atoms with Crippen molar-refractivity contribution < 1.29 is 9.13 Å². The molecule has 0 unspecified atom stereocenters. The van der Waals surface area contributed by atoms with Crippen molar-refractivity contribution >= 4 is 5.69 Å². The van der Waals surface area contributed by atoms with Crippen LogP contribution in [0.5, 0.6) is 5.75 Å². The van der Waals surface area contributed by atoms with Crippen molar-refractivity contribution in [1.29, 1.82) is 0 Å². The third-order valence-corrected chi connectivity index (χ3v) is 5.03. The second kappa shape index (κ2) is 7.22. The van der Waals surface area contributed by atoms with Crippen molar-refractivity contribution in [2.45, 2.75) is 20.4 Å². The lowest BCUT2D eigenvalue weighted by Gasteiger charge is -2.36. The summed E-state index contributed by atoms with van der Waals surface area (Å²) in [5.74, 6) is 0.778. The third kappa shape index (κ3) is 3.54. The predicted octanol–water partition coefficient (Wildman–Crippen LogP) is 3.77. The lowest BCUT2D eigenvalue weighted by atomic mass is 10.0. The highest BCUT2D eigenvalue weighted by Crippen LogP contribution is 2.25. The van der Waals surface area contributed by atoms with E-state index < -0.39 is 0 Å². The molecule has 0 aliphatic carbocycles. The van der Waals surface area contributed by atoms with Crippen LogP contribution >= 0.6 is 0 Å². The molecule has 1 aliphatic rings. The van der Waals surface area contributed by atoms with Crippen LogP contribution in [-0.4, -0.2) is 38.2 Å². The molecule has 3 nitrogen and oxygen atoms in total. The highest BCUT2D eigenvalue weighted by Gasteiger charge is 2.18. The molecule has 0 radical (unpaired) electrons. The maximum absolute atomic E-state index is 13.0. The normalized spacial score (nSPS) is 15.6. The summed E-state index contributed by atoms with van der Waals surface area (Å²) in [6.45, 7) is 9.23. The number of halogens is 1. The molecule has 2 aromatic rings. The molecule has 1 aliphatic heterocycles. The molecule has 0 spiro atoms. The van der Waals surface area contributed by atoms with E-state index in [2.05, 4.69) is 35.8 Å². The van der Waals surface area contributed by atoms with E-state index in [0.717, 1.165) is 44.2 Å². The quantitative estimate of drug-likeness (QED) is 0.850. The second-order valence-electron chi connectivity index (χ2n) is 6.42. The zero-order chi connectivity index (χ0) is 17.1. The minimum Gasteiger partial charge on any atom is -0.496 e. The van der Waals surface area contributed by atoms with E-state index in [1.54, 1.807) is 7.11 Å². The molecular formula is C20H25FN2O.